The number of aliphatic hydroxyl groups is 1. The first-order valence-corrected chi connectivity index (χ1v) is 9.30. The van der Waals surface area contributed by atoms with Gasteiger partial charge in [0.25, 0.3) is 0 Å². The van der Waals surface area contributed by atoms with Gasteiger partial charge in [-0.05, 0) is 73.3 Å². The predicted octanol–water partition coefficient (Wildman–Crippen LogP) is 3.93. The second kappa shape index (κ2) is 9.96. The van der Waals surface area contributed by atoms with Crippen molar-refractivity contribution in [2.75, 3.05) is 7.11 Å². The summed E-state index contributed by atoms with van der Waals surface area (Å²) in [6.45, 7) is 0. The SMILES string of the molecule is COc1ccc2c(c1)CC(C(N)C(O)CCc1ccccc1)CCC2.Cl. The highest BCUT2D eigenvalue weighted by Gasteiger charge is 2.27. The number of hydrogen-bond acceptors (Lipinski definition) is 3. The Morgan fingerprint density at radius 1 is 1.15 bits per heavy atom. The van der Waals surface area contributed by atoms with E-state index in [1.165, 1.54) is 16.7 Å². The van der Waals surface area contributed by atoms with Crippen LogP contribution in [0.25, 0.3) is 0 Å². The molecule has 3 atom stereocenters. The Kier molecular flexibility index (Phi) is 7.95. The molecule has 0 bridgehead atoms. The van der Waals surface area contributed by atoms with Gasteiger partial charge in [-0.3, -0.25) is 0 Å². The summed E-state index contributed by atoms with van der Waals surface area (Å²) in [5.74, 6) is 1.22. The fourth-order valence-electron chi connectivity index (χ4n) is 3.90. The van der Waals surface area contributed by atoms with Crippen LogP contribution in [-0.4, -0.2) is 24.4 Å². The molecular weight excluding hydrogens is 346 g/mol. The van der Waals surface area contributed by atoms with Crippen LogP contribution < -0.4 is 10.5 Å². The molecular formula is C22H30ClNO2. The van der Waals surface area contributed by atoms with Gasteiger partial charge < -0.3 is 15.6 Å². The Morgan fingerprint density at radius 3 is 2.65 bits per heavy atom. The number of aliphatic hydroxyl groups excluding tert-OH is 1. The van der Waals surface area contributed by atoms with Gasteiger partial charge in [-0.15, -0.1) is 12.4 Å². The van der Waals surface area contributed by atoms with Crippen LogP contribution in [0.4, 0.5) is 0 Å². The average Bonchev–Trinajstić information content (AvgIpc) is 2.87. The van der Waals surface area contributed by atoms with Crippen molar-refractivity contribution < 1.29 is 9.84 Å². The summed E-state index contributed by atoms with van der Waals surface area (Å²) in [6, 6.07) is 16.5. The molecule has 1 aliphatic carbocycles. The molecule has 3 unspecified atom stereocenters. The van der Waals surface area contributed by atoms with Gasteiger partial charge in [0, 0.05) is 6.04 Å². The van der Waals surface area contributed by atoms with E-state index in [1.54, 1.807) is 7.11 Å². The first-order valence-electron chi connectivity index (χ1n) is 9.30. The summed E-state index contributed by atoms with van der Waals surface area (Å²) in [7, 11) is 1.70. The number of aryl methyl sites for hydroxylation is 2. The zero-order valence-electron chi connectivity index (χ0n) is 15.4. The Hall–Kier alpha value is -1.55. The molecule has 26 heavy (non-hydrogen) atoms. The normalized spacial score (nSPS) is 18.8. The molecule has 0 amide bonds. The van der Waals surface area contributed by atoms with Crippen molar-refractivity contribution in [3.05, 3.63) is 65.2 Å². The quantitative estimate of drug-likeness (QED) is 0.752. The molecule has 0 aromatic heterocycles. The molecule has 2 aromatic rings. The number of hydrogen-bond donors (Lipinski definition) is 2. The molecule has 0 fully saturated rings. The van der Waals surface area contributed by atoms with Gasteiger partial charge in [0.05, 0.1) is 13.2 Å². The lowest BCUT2D eigenvalue weighted by Crippen LogP contribution is -2.42. The topological polar surface area (TPSA) is 55.5 Å². The second-order valence-electron chi connectivity index (χ2n) is 7.16. The van der Waals surface area contributed by atoms with Crippen LogP contribution in [0.2, 0.25) is 0 Å². The Morgan fingerprint density at radius 2 is 1.92 bits per heavy atom. The summed E-state index contributed by atoms with van der Waals surface area (Å²) >= 11 is 0. The lowest BCUT2D eigenvalue weighted by Gasteiger charge is -2.27. The summed E-state index contributed by atoms with van der Waals surface area (Å²) in [4.78, 5) is 0. The van der Waals surface area contributed by atoms with Gasteiger partial charge in [-0.1, -0.05) is 36.4 Å². The van der Waals surface area contributed by atoms with Crippen molar-refractivity contribution in [3.8, 4) is 5.75 Å². The van der Waals surface area contributed by atoms with E-state index in [0.717, 1.165) is 37.9 Å². The highest BCUT2D eigenvalue weighted by Crippen LogP contribution is 2.30. The van der Waals surface area contributed by atoms with Crippen molar-refractivity contribution in [1.29, 1.82) is 0 Å². The van der Waals surface area contributed by atoms with Gasteiger partial charge in [-0.2, -0.15) is 0 Å². The molecule has 0 radical (unpaired) electrons. The van der Waals surface area contributed by atoms with Gasteiger partial charge in [-0.25, -0.2) is 0 Å². The number of ether oxygens (including phenoxy) is 1. The van der Waals surface area contributed by atoms with E-state index in [-0.39, 0.29) is 18.4 Å². The molecule has 2 aromatic carbocycles. The molecule has 0 saturated heterocycles. The van der Waals surface area contributed by atoms with Crippen LogP contribution in [0.1, 0.15) is 36.0 Å². The maximum Gasteiger partial charge on any atom is 0.119 e. The van der Waals surface area contributed by atoms with Crippen LogP contribution in [0.15, 0.2) is 48.5 Å². The number of rotatable bonds is 6. The Labute approximate surface area is 163 Å². The molecule has 0 saturated carbocycles. The number of nitrogens with two attached hydrogens (primary N) is 1. The van der Waals surface area contributed by atoms with Gasteiger partial charge in [0.2, 0.25) is 0 Å². The fraction of sp³-hybridized carbons (Fsp3) is 0.455. The second-order valence-corrected chi connectivity index (χ2v) is 7.16. The maximum atomic E-state index is 10.6. The van der Waals surface area contributed by atoms with E-state index < -0.39 is 6.10 Å². The number of fused-ring (bicyclic) bond motifs is 1. The highest BCUT2D eigenvalue weighted by atomic mass is 35.5. The third-order valence-electron chi connectivity index (χ3n) is 5.48. The molecule has 0 aliphatic heterocycles. The minimum absolute atomic E-state index is 0. The molecule has 3 N–H and O–H groups in total. The maximum absolute atomic E-state index is 10.6. The Bertz CT molecular complexity index is 677. The summed E-state index contributed by atoms with van der Waals surface area (Å²) < 4.78 is 5.37. The molecule has 3 nitrogen and oxygen atoms in total. The van der Waals surface area contributed by atoms with Crippen molar-refractivity contribution in [3.63, 3.8) is 0 Å². The van der Waals surface area contributed by atoms with Crippen molar-refractivity contribution in [2.45, 2.75) is 50.7 Å². The average molecular weight is 376 g/mol. The van der Waals surface area contributed by atoms with E-state index >= 15 is 0 Å². The van der Waals surface area contributed by atoms with Crippen LogP contribution in [0.5, 0.6) is 5.75 Å². The van der Waals surface area contributed by atoms with Crippen molar-refractivity contribution in [2.24, 2.45) is 11.7 Å². The number of benzene rings is 2. The minimum Gasteiger partial charge on any atom is -0.497 e. The molecule has 4 heteroatoms. The molecule has 1 aliphatic rings. The van der Waals surface area contributed by atoms with E-state index in [2.05, 4.69) is 24.3 Å². The van der Waals surface area contributed by atoms with Gasteiger partial charge in [0.15, 0.2) is 0 Å². The third-order valence-corrected chi connectivity index (χ3v) is 5.48. The molecule has 0 heterocycles. The van der Waals surface area contributed by atoms with Gasteiger partial charge in [0.1, 0.15) is 5.75 Å². The van der Waals surface area contributed by atoms with Crippen LogP contribution >= 0.6 is 12.4 Å². The summed E-state index contributed by atoms with van der Waals surface area (Å²) in [6.07, 6.45) is 5.33. The smallest absolute Gasteiger partial charge is 0.119 e. The predicted molar refractivity (Wildman–Crippen MR) is 109 cm³/mol. The summed E-state index contributed by atoms with van der Waals surface area (Å²) in [5, 5.41) is 10.6. The van der Waals surface area contributed by atoms with Gasteiger partial charge >= 0.3 is 0 Å². The van der Waals surface area contributed by atoms with E-state index in [1.807, 2.05) is 24.3 Å². The Balaban J connectivity index is 0.00000243. The monoisotopic (exact) mass is 375 g/mol. The molecule has 0 spiro atoms. The van der Waals surface area contributed by atoms with E-state index in [0.29, 0.717) is 12.3 Å². The summed E-state index contributed by atoms with van der Waals surface area (Å²) in [5.41, 5.74) is 10.5. The molecule has 3 rings (SSSR count). The fourth-order valence-corrected chi connectivity index (χ4v) is 3.90. The lowest BCUT2D eigenvalue weighted by atomic mass is 9.85. The molecule has 142 valence electrons. The first-order chi connectivity index (χ1) is 12.2. The van der Waals surface area contributed by atoms with Crippen molar-refractivity contribution in [1.82, 2.24) is 0 Å². The van der Waals surface area contributed by atoms with Crippen LogP contribution in [0.3, 0.4) is 0 Å². The van der Waals surface area contributed by atoms with E-state index in [4.69, 9.17) is 10.5 Å². The standard InChI is InChI=1S/C22H29NO2.ClH/c1-25-20-12-11-17-8-5-9-18(14-19(17)15-20)22(23)21(24)13-10-16-6-3-2-4-7-16;/h2-4,6-7,11-12,15,18,21-22,24H,5,8-10,13-14,23H2,1H3;1H. The van der Waals surface area contributed by atoms with Crippen LogP contribution in [-0.2, 0) is 19.3 Å². The lowest BCUT2D eigenvalue weighted by molar-refractivity contribution is 0.105. The minimum atomic E-state index is -0.461. The number of halogens is 1. The van der Waals surface area contributed by atoms with Crippen LogP contribution in [0, 0.1) is 5.92 Å². The first kappa shape index (κ1) is 20.8. The number of methoxy groups -OCH3 is 1. The zero-order chi connectivity index (χ0) is 17.6. The zero-order valence-corrected chi connectivity index (χ0v) is 16.3. The third kappa shape index (κ3) is 5.23. The largest absolute Gasteiger partial charge is 0.497 e. The van der Waals surface area contributed by atoms with Crippen molar-refractivity contribution >= 4 is 12.4 Å². The highest BCUT2D eigenvalue weighted by molar-refractivity contribution is 5.85. The van der Waals surface area contributed by atoms with E-state index in [9.17, 15) is 5.11 Å².